The van der Waals surface area contributed by atoms with E-state index in [-0.39, 0.29) is 5.91 Å². The molecule has 0 heterocycles. The van der Waals surface area contributed by atoms with E-state index in [0.717, 1.165) is 5.56 Å². The monoisotopic (exact) mass is 236 g/mol. The molecule has 0 aromatic heterocycles. The number of hydrogen-bond donors (Lipinski definition) is 2. The van der Waals surface area contributed by atoms with Crippen molar-refractivity contribution < 1.29 is 14.3 Å². The van der Waals surface area contributed by atoms with Gasteiger partial charge in [-0.2, -0.15) is 0 Å². The van der Waals surface area contributed by atoms with Crippen molar-refractivity contribution in [3.8, 4) is 0 Å². The zero-order valence-electron chi connectivity index (χ0n) is 10.1. The second kappa shape index (κ2) is 5.34. The summed E-state index contributed by atoms with van der Waals surface area (Å²) in [7, 11) is 1.28. The number of carbonyl (C=O) groups is 2. The molecule has 3 N–H and O–H groups in total. The Morgan fingerprint density at radius 3 is 2.59 bits per heavy atom. The van der Waals surface area contributed by atoms with Gasteiger partial charge in [0.25, 0.3) is 5.91 Å². The average Bonchev–Trinajstić information content (AvgIpc) is 2.31. The van der Waals surface area contributed by atoms with E-state index in [1.165, 1.54) is 7.11 Å². The summed E-state index contributed by atoms with van der Waals surface area (Å²) in [5.41, 5.74) is 7.57. The Morgan fingerprint density at radius 2 is 2.06 bits per heavy atom. The molecule has 0 fully saturated rings. The van der Waals surface area contributed by atoms with Crippen molar-refractivity contribution in [2.75, 3.05) is 12.8 Å². The second-order valence-corrected chi connectivity index (χ2v) is 3.79. The third-order valence-electron chi connectivity index (χ3n) is 2.43. The van der Waals surface area contributed by atoms with Gasteiger partial charge < -0.3 is 15.8 Å². The minimum atomic E-state index is -0.676. The number of amides is 1. The molecule has 0 radical (unpaired) electrons. The van der Waals surface area contributed by atoms with Gasteiger partial charge in [-0.05, 0) is 37.6 Å². The molecule has 5 heteroatoms. The highest BCUT2D eigenvalue weighted by Gasteiger charge is 2.16. The summed E-state index contributed by atoms with van der Waals surface area (Å²) in [5, 5.41) is 2.54. The standard InChI is InChI=1S/C12H16N2O3/c1-7-6-9(4-5-10(7)13)11(15)14-8(2)12(16)17-3/h4-6,8H,13H2,1-3H3,(H,14,15). The first-order valence-electron chi connectivity index (χ1n) is 5.20. The molecule has 0 aliphatic rings. The van der Waals surface area contributed by atoms with Gasteiger partial charge in [0.05, 0.1) is 7.11 Å². The first kappa shape index (κ1) is 13.0. The smallest absolute Gasteiger partial charge is 0.328 e. The van der Waals surface area contributed by atoms with E-state index in [9.17, 15) is 9.59 Å². The fourth-order valence-electron chi connectivity index (χ4n) is 1.33. The van der Waals surface area contributed by atoms with Gasteiger partial charge in [0.15, 0.2) is 0 Å². The first-order valence-corrected chi connectivity index (χ1v) is 5.20. The van der Waals surface area contributed by atoms with Crippen LogP contribution in [0.25, 0.3) is 0 Å². The number of anilines is 1. The summed E-state index contributed by atoms with van der Waals surface area (Å²) in [5.74, 6) is -0.809. The van der Waals surface area contributed by atoms with Gasteiger partial charge in [-0.1, -0.05) is 0 Å². The fourth-order valence-corrected chi connectivity index (χ4v) is 1.33. The maximum atomic E-state index is 11.8. The molecule has 1 atom stereocenters. The number of carbonyl (C=O) groups excluding carboxylic acids is 2. The van der Waals surface area contributed by atoms with Crippen molar-refractivity contribution >= 4 is 17.6 Å². The number of nitrogen functional groups attached to an aromatic ring is 1. The third kappa shape index (κ3) is 3.21. The number of nitrogens with one attached hydrogen (secondary N) is 1. The Balaban J connectivity index is 2.76. The predicted molar refractivity (Wildman–Crippen MR) is 64.5 cm³/mol. The second-order valence-electron chi connectivity index (χ2n) is 3.79. The number of nitrogens with two attached hydrogens (primary N) is 1. The van der Waals surface area contributed by atoms with Crippen LogP contribution < -0.4 is 11.1 Å². The number of hydrogen-bond acceptors (Lipinski definition) is 4. The fraction of sp³-hybridized carbons (Fsp3) is 0.333. The van der Waals surface area contributed by atoms with Crippen molar-refractivity contribution in [1.29, 1.82) is 0 Å². The number of aryl methyl sites for hydroxylation is 1. The van der Waals surface area contributed by atoms with E-state index < -0.39 is 12.0 Å². The Kier molecular flexibility index (Phi) is 4.09. The molecule has 92 valence electrons. The summed E-state index contributed by atoms with van der Waals surface area (Å²) >= 11 is 0. The highest BCUT2D eigenvalue weighted by atomic mass is 16.5. The third-order valence-corrected chi connectivity index (χ3v) is 2.43. The van der Waals surface area contributed by atoms with Crippen molar-refractivity contribution in [2.24, 2.45) is 0 Å². The largest absolute Gasteiger partial charge is 0.467 e. The summed E-state index contributed by atoms with van der Waals surface area (Å²) in [4.78, 5) is 22.9. The molecule has 1 amide bonds. The molecule has 1 aromatic rings. The Hall–Kier alpha value is -2.04. The molecule has 0 bridgehead atoms. The lowest BCUT2D eigenvalue weighted by atomic mass is 10.1. The zero-order valence-corrected chi connectivity index (χ0v) is 10.1. The van der Waals surface area contributed by atoms with Gasteiger partial charge in [-0.15, -0.1) is 0 Å². The van der Waals surface area contributed by atoms with E-state index in [4.69, 9.17) is 5.73 Å². The van der Waals surface area contributed by atoms with Crippen LogP contribution in [-0.4, -0.2) is 25.0 Å². The van der Waals surface area contributed by atoms with Crippen LogP contribution in [0.3, 0.4) is 0 Å². The number of methoxy groups -OCH3 is 1. The zero-order chi connectivity index (χ0) is 13.0. The molecular weight excluding hydrogens is 220 g/mol. The van der Waals surface area contributed by atoms with Crippen molar-refractivity contribution in [1.82, 2.24) is 5.32 Å². The van der Waals surface area contributed by atoms with Gasteiger partial charge >= 0.3 is 5.97 Å². The van der Waals surface area contributed by atoms with Crippen LogP contribution in [0.15, 0.2) is 18.2 Å². The maximum Gasteiger partial charge on any atom is 0.328 e. The van der Waals surface area contributed by atoms with Gasteiger partial charge in [0, 0.05) is 11.3 Å². The minimum Gasteiger partial charge on any atom is -0.467 e. The molecular formula is C12H16N2O3. The Bertz CT molecular complexity index is 443. The van der Waals surface area contributed by atoms with Gasteiger partial charge in [-0.25, -0.2) is 4.79 Å². The highest BCUT2D eigenvalue weighted by Crippen LogP contribution is 2.12. The number of esters is 1. The number of rotatable bonds is 3. The van der Waals surface area contributed by atoms with Gasteiger partial charge in [0.1, 0.15) is 6.04 Å². The topological polar surface area (TPSA) is 81.4 Å². The number of ether oxygens (including phenoxy) is 1. The van der Waals surface area contributed by atoms with Crippen LogP contribution in [0.5, 0.6) is 0 Å². The summed E-state index contributed by atoms with van der Waals surface area (Å²) in [6.45, 7) is 3.38. The van der Waals surface area contributed by atoms with E-state index in [1.54, 1.807) is 25.1 Å². The van der Waals surface area contributed by atoms with E-state index in [1.807, 2.05) is 6.92 Å². The maximum absolute atomic E-state index is 11.8. The summed E-state index contributed by atoms with van der Waals surface area (Å²) in [6, 6.07) is 4.27. The predicted octanol–water partition coefficient (Wildman–Crippen LogP) is 0.869. The van der Waals surface area contributed by atoms with Gasteiger partial charge in [-0.3, -0.25) is 4.79 Å². The van der Waals surface area contributed by atoms with Crippen LogP contribution in [0.4, 0.5) is 5.69 Å². The molecule has 1 rings (SSSR count). The molecule has 0 saturated carbocycles. The van der Waals surface area contributed by atoms with Crippen LogP contribution in [0.1, 0.15) is 22.8 Å². The van der Waals surface area contributed by atoms with Crippen LogP contribution in [0.2, 0.25) is 0 Å². The SMILES string of the molecule is COC(=O)C(C)NC(=O)c1ccc(N)c(C)c1. The van der Waals surface area contributed by atoms with Crippen LogP contribution in [0, 0.1) is 6.92 Å². The van der Waals surface area contributed by atoms with Gasteiger partial charge in [0.2, 0.25) is 0 Å². The quantitative estimate of drug-likeness (QED) is 0.602. The summed E-state index contributed by atoms with van der Waals surface area (Å²) in [6.07, 6.45) is 0. The normalized spacial score (nSPS) is 11.7. The van der Waals surface area contributed by atoms with Crippen LogP contribution >= 0.6 is 0 Å². The Morgan fingerprint density at radius 1 is 1.41 bits per heavy atom. The van der Waals surface area contributed by atoms with Crippen molar-refractivity contribution in [3.05, 3.63) is 29.3 Å². The minimum absolute atomic E-state index is 0.328. The average molecular weight is 236 g/mol. The summed E-state index contributed by atoms with van der Waals surface area (Å²) < 4.78 is 4.52. The lowest BCUT2D eigenvalue weighted by Gasteiger charge is -2.12. The molecule has 1 aromatic carbocycles. The molecule has 0 spiro atoms. The molecule has 5 nitrogen and oxygen atoms in total. The van der Waals surface area contributed by atoms with E-state index >= 15 is 0 Å². The van der Waals surface area contributed by atoms with Crippen LogP contribution in [-0.2, 0) is 9.53 Å². The highest BCUT2D eigenvalue weighted by molar-refractivity contribution is 5.97. The van der Waals surface area contributed by atoms with E-state index in [0.29, 0.717) is 11.3 Å². The molecule has 0 aliphatic carbocycles. The lowest BCUT2D eigenvalue weighted by Crippen LogP contribution is -2.39. The molecule has 1 unspecified atom stereocenters. The lowest BCUT2D eigenvalue weighted by molar-refractivity contribution is -0.142. The Labute approximate surface area is 99.9 Å². The van der Waals surface area contributed by atoms with E-state index in [2.05, 4.69) is 10.1 Å². The van der Waals surface area contributed by atoms with Crippen molar-refractivity contribution in [2.45, 2.75) is 19.9 Å². The first-order chi connectivity index (χ1) is 7.95. The molecule has 0 saturated heterocycles. The van der Waals surface area contributed by atoms with Crippen molar-refractivity contribution in [3.63, 3.8) is 0 Å². The number of benzene rings is 1. The molecule has 17 heavy (non-hydrogen) atoms. The molecule has 0 aliphatic heterocycles.